The van der Waals surface area contributed by atoms with Crippen molar-refractivity contribution in [3.63, 3.8) is 0 Å². The third-order valence-corrected chi connectivity index (χ3v) is 6.08. The van der Waals surface area contributed by atoms with Gasteiger partial charge >= 0.3 is 0 Å². The van der Waals surface area contributed by atoms with Crippen molar-refractivity contribution in [2.24, 2.45) is 10.1 Å². The number of methoxy groups -OCH3 is 1. The van der Waals surface area contributed by atoms with E-state index in [0.29, 0.717) is 31.1 Å². The number of fused-ring (bicyclic) bond motifs is 1. The number of pyridine rings is 1. The van der Waals surface area contributed by atoms with E-state index in [9.17, 15) is 9.60 Å². The first-order valence-electron chi connectivity index (χ1n) is 10.8. The molecular weight excluding hydrogens is 433 g/mol. The molecule has 32 heavy (non-hydrogen) atoms. The van der Waals surface area contributed by atoms with Crippen molar-refractivity contribution >= 4 is 29.0 Å². The number of nitrogens with one attached hydrogen (secondary N) is 1. The van der Waals surface area contributed by atoms with Gasteiger partial charge in [0.15, 0.2) is 0 Å². The van der Waals surface area contributed by atoms with Crippen LogP contribution in [0.2, 0.25) is 5.02 Å². The fourth-order valence-corrected chi connectivity index (χ4v) is 4.16. The number of aromatic nitrogens is 1. The number of nitrogens with zero attached hydrogens (tertiary/aromatic N) is 4. The Morgan fingerprint density at radius 1 is 1.34 bits per heavy atom. The molecule has 9 heteroatoms. The summed E-state index contributed by atoms with van der Waals surface area (Å²) in [4.78, 5) is 11.6. The van der Waals surface area contributed by atoms with Gasteiger partial charge in [-0.1, -0.05) is 22.8 Å². The van der Waals surface area contributed by atoms with Gasteiger partial charge in [0.2, 0.25) is 0 Å². The third kappa shape index (κ3) is 5.43. The highest BCUT2D eigenvalue weighted by atomic mass is 35.5. The Hall–Kier alpha value is -2.55. The van der Waals surface area contributed by atoms with Gasteiger partial charge < -0.3 is 15.3 Å². The molecule has 2 heterocycles. The van der Waals surface area contributed by atoms with Gasteiger partial charge in [-0.15, -0.1) is 0 Å². The molecule has 1 saturated carbocycles. The number of amidine groups is 1. The molecular formula is C23H27ClFN5O2. The highest BCUT2D eigenvalue weighted by Gasteiger charge is 2.28. The molecule has 0 saturated heterocycles. The molecule has 170 valence electrons. The molecule has 1 aromatic heterocycles. The van der Waals surface area contributed by atoms with Crippen LogP contribution in [0.25, 0.3) is 0 Å². The molecule has 7 nitrogen and oxygen atoms in total. The number of ether oxygens (including phenoxy) is 1. The van der Waals surface area contributed by atoms with E-state index in [-0.39, 0.29) is 5.02 Å². The smallest absolute Gasteiger partial charge is 0.141 e. The average Bonchev–Trinajstić information content (AvgIpc) is 3.55. The third-order valence-electron chi connectivity index (χ3n) is 5.79. The van der Waals surface area contributed by atoms with E-state index in [1.54, 1.807) is 25.4 Å². The van der Waals surface area contributed by atoms with Crippen LogP contribution in [0.4, 0.5) is 10.2 Å². The fraction of sp³-hybridized carbons (Fsp3) is 0.435. The Morgan fingerprint density at radius 3 is 2.91 bits per heavy atom. The van der Waals surface area contributed by atoms with Crippen molar-refractivity contribution < 1.29 is 14.3 Å². The first-order chi connectivity index (χ1) is 15.6. The monoisotopic (exact) mass is 459 g/mol. The number of rotatable bonds is 10. The summed E-state index contributed by atoms with van der Waals surface area (Å²) in [6.07, 6.45) is 5.07. The second-order valence-electron chi connectivity index (χ2n) is 8.05. The summed E-state index contributed by atoms with van der Waals surface area (Å²) in [6.45, 7) is 3.24. The zero-order valence-electron chi connectivity index (χ0n) is 18.0. The molecule has 4 rings (SSSR count). The van der Waals surface area contributed by atoms with Crippen molar-refractivity contribution in [3.05, 3.63) is 58.0 Å². The number of aliphatic imine (C=N–C) groups is 1. The lowest BCUT2D eigenvalue weighted by atomic mass is 9.98. The highest BCUT2D eigenvalue weighted by molar-refractivity contribution is 6.30. The van der Waals surface area contributed by atoms with Crippen molar-refractivity contribution in [2.75, 3.05) is 38.7 Å². The summed E-state index contributed by atoms with van der Waals surface area (Å²) in [5.41, 5.74) is 2.95. The van der Waals surface area contributed by atoms with Crippen LogP contribution in [0.15, 0.2) is 40.6 Å². The van der Waals surface area contributed by atoms with Crippen LogP contribution >= 0.6 is 11.6 Å². The quantitative estimate of drug-likeness (QED) is 0.321. The van der Waals surface area contributed by atoms with E-state index in [2.05, 4.69) is 20.4 Å². The molecule has 1 fully saturated rings. The Morgan fingerprint density at radius 2 is 2.19 bits per heavy atom. The maximum Gasteiger partial charge on any atom is 0.141 e. The summed E-state index contributed by atoms with van der Waals surface area (Å²) < 4.78 is 18.7. The van der Waals surface area contributed by atoms with Crippen LogP contribution < -0.4 is 5.32 Å². The van der Waals surface area contributed by atoms with Gasteiger partial charge in [-0.25, -0.2) is 9.37 Å². The van der Waals surface area contributed by atoms with Gasteiger partial charge in [-0.2, -0.15) is 0 Å². The lowest BCUT2D eigenvalue weighted by Gasteiger charge is -2.20. The van der Waals surface area contributed by atoms with E-state index in [1.807, 2.05) is 6.07 Å². The first-order valence-corrected chi connectivity index (χ1v) is 11.1. The van der Waals surface area contributed by atoms with E-state index in [1.165, 1.54) is 18.9 Å². The van der Waals surface area contributed by atoms with Crippen LogP contribution in [0.5, 0.6) is 0 Å². The van der Waals surface area contributed by atoms with Gasteiger partial charge in [0.1, 0.15) is 17.5 Å². The van der Waals surface area contributed by atoms with Crippen molar-refractivity contribution in [2.45, 2.75) is 31.7 Å². The molecule has 0 bridgehead atoms. The number of hydrogen-bond acceptors (Lipinski definition) is 6. The minimum absolute atomic E-state index is 0.0431. The molecule has 2 N–H and O–H groups in total. The van der Waals surface area contributed by atoms with Crippen LogP contribution in [0.1, 0.15) is 29.5 Å². The lowest BCUT2D eigenvalue weighted by molar-refractivity contribution is 0.145. The lowest BCUT2D eigenvalue weighted by Crippen LogP contribution is -2.32. The summed E-state index contributed by atoms with van der Waals surface area (Å²) in [5.74, 6) is 1.10. The summed E-state index contributed by atoms with van der Waals surface area (Å²) in [6, 6.07) is 6.98. The fourth-order valence-electron chi connectivity index (χ4n) is 3.96. The number of benzene rings is 1. The highest BCUT2D eigenvalue weighted by Crippen LogP contribution is 2.28. The molecule has 0 spiro atoms. The Bertz CT molecular complexity index is 1030. The van der Waals surface area contributed by atoms with E-state index < -0.39 is 5.82 Å². The SMILES string of the molecule is COCCN(CCN=C1Cc2c(/C(Cc3ccc(F)c(Cl)c3)=N/O)ccnc2N1)C1CC1. The maximum atomic E-state index is 13.5. The van der Waals surface area contributed by atoms with Gasteiger partial charge in [0.25, 0.3) is 0 Å². The second kappa shape index (κ2) is 10.4. The van der Waals surface area contributed by atoms with Crippen molar-refractivity contribution in [1.29, 1.82) is 0 Å². The van der Waals surface area contributed by atoms with Gasteiger partial charge in [0.05, 0.1) is 23.9 Å². The molecule has 0 radical (unpaired) electrons. The number of anilines is 1. The second-order valence-corrected chi connectivity index (χ2v) is 8.45. The van der Waals surface area contributed by atoms with Gasteiger partial charge in [-0.05, 0) is 36.6 Å². The predicted octanol–water partition coefficient (Wildman–Crippen LogP) is 3.77. The minimum atomic E-state index is -0.477. The van der Waals surface area contributed by atoms with Crippen LogP contribution in [0, 0.1) is 5.82 Å². The number of hydrogen-bond donors (Lipinski definition) is 2. The van der Waals surface area contributed by atoms with Crippen LogP contribution in [-0.4, -0.2) is 66.0 Å². The molecule has 2 aromatic rings. The number of oxime groups is 1. The largest absolute Gasteiger partial charge is 0.411 e. The van der Waals surface area contributed by atoms with Crippen molar-refractivity contribution in [3.8, 4) is 0 Å². The van der Waals surface area contributed by atoms with Crippen LogP contribution in [-0.2, 0) is 17.6 Å². The van der Waals surface area contributed by atoms with Gasteiger partial charge in [-0.3, -0.25) is 9.89 Å². The maximum absolute atomic E-state index is 13.5. The number of halogens is 2. The predicted molar refractivity (Wildman–Crippen MR) is 124 cm³/mol. The van der Waals surface area contributed by atoms with E-state index >= 15 is 0 Å². The molecule has 1 aliphatic heterocycles. The molecule has 0 unspecified atom stereocenters. The summed E-state index contributed by atoms with van der Waals surface area (Å²) in [5, 5.41) is 16.5. The Kier molecular flexibility index (Phi) is 7.34. The minimum Gasteiger partial charge on any atom is -0.411 e. The molecule has 0 amide bonds. The van der Waals surface area contributed by atoms with E-state index in [4.69, 9.17) is 21.3 Å². The molecule has 1 aliphatic carbocycles. The zero-order chi connectivity index (χ0) is 22.5. The van der Waals surface area contributed by atoms with E-state index in [0.717, 1.165) is 48.0 Å². The summed E-state index contributed by atoms with van der Waals surface area (Å²) in [7, 11) is 1.73. The standard InChI is InChI=1S/C23H27ClFN5O2/c1-32-11-10-30(16-3-4-16)9-8-26-22-14-18-17(6-7-27-23(18)28-22)21(29-31)13-15-2-5-20(25)19(24)12-15/h2,5-7,12,16,31H,3-4,8-11,13-14H2,1H3,(H,26,27,28)/b29-21+. The topological polar surface area (TPSA) is 82.3 Å². The normalized spacial score (nSPS) is 17.1. The first kappa shape index (κ1) is 22.6. The Balaban J connectivity index is 1.43. The van der Waals surface area contributed by atoms with Gasteiger partial charge in [0, 0.05) is 56.4 Å². The molecule has 2 aliphatic rings. The zero-order valence-corrected chi connectivity index (χ0v) is 18.8. The van der Waals surface area contributed by atoms with Crippen molar-refractivity contribution in [1.82, 2.24) is 9.88 Å². The molecule has 1 aromatic carbocycles. The average molecular weight is 460 g/mol. The Labute approximate surface area is 192 Å². The summed E-state index contributed by atoms with van der Waals surface area (Å²) >= 11 is 5.90. The molecule has 0 atom stereocenters. The van der Waals surface area contributed by atoms with Crippen LogP contribution in [0.3, 0.4) is 0 Å².